The van der Waals surface area contributed by atoms with Crippen LogP contribution in [-0.2, 0) is 41.6 Å². The number of carboxylic acids is 1. The average Bonchev–Trinajstić information content (AvgIpc) is 3.59. The molecule has 2 heterocycles. The van der Waals surface area contributed by atoms with Crippen molar-refractivity contribution in [3.63, 3.8) is 0 Å². The second-order valence-electron chi connectivity index (χ2n) is 9.65. The van der Waals surface area contributed by atoms with E-state index in [2.05, 4.69) is 30.9 Å². The molecule has 3 aromatic rings. The van der Waals surface area contributed by atoms with Gasteiger partial charge in [-0.3, -0.25) is 24.0 Å². The first kappa shape index (κ1) is 31.3. The molecular formula is C26H33N9O7. The molecule has 12 N–H and O–H groups in total. The van der Waals surface area contributed by atoms with Gasteiger partial charge in [0.05, 0.1) is 18.8 Å². The van der Waals surface area contributed by atoms with E-state index in [9.17, 15) is 33.9 Å². The fourth-order valence-electron chi connectivity index (χ4n) is 4.23. The Morgan fingerprint density at radius 2 is 1.52 bits per heavy atom. The van der Waals surface area contributed by atoms with Gasteiger partial charge in [0.25, 0.3) is 0 Å². The number of imidazole rings is 1. The van der Waals surface area contributed by atoms with E-state index in [1.807, 2.05) is 24.3 Å². The van der Waals surface area contributed by atoms with E-state index >= 15 is 0 Å². The largest absolute Gasteiger partial charge is 0.480 e. The number of carbonyl (C=O) groups is 6. The fourth-order valence-corrected chi connectivity index (χ4v) is 4.23. The topological polar surface area (TPSA) is 281 Å². The number of rotatable bonds is 16. The zero-order valence-electron chi connectivity index (χ0n) is 22.5. The molecule has 0 saturated carbocycles. The first-order valence-corrected chi connectivity index (χ1v) is 12.9. The van der Waals surface area contributed by atoms with Crippen LogP contribution < -0.4 is 33.2 Å². The molecule has 0 aliphatic carbocycles. The van der Waals surface area contributed by atoms with Crippen LogP contribution in [0.2, 0.25) is 0 Å². The summed E-state index contributed by atoms with van der Waals surface area (Å²) in [5.74, 6) is -5.67. The lowest BCUT2D eigenvalue weighted by molar-refractivity contribution is -0.142. The molecule has 0 spiro atoms. The fraction of sp³-hybridized carbons (Fsp3) is 0.346. The lowest BCUT2D eigenvalue weighted by atomic mass is 10.0. The van der Waals surface area contributed by atoms with E-state index in [0.717, 1.165) is 16.5 Å². The molecule has 2 aromatic heterocycles. The van der Waals surface area contributed by atoms with Crippen LogP contribution >= 0.6 is 0 Å². The molecule has 42 heavy (non-hydrogen) atoms. The van der Waals surface area contributed by atoms with Crippen LogP contribution in [0.1, 0.15) is 30.5 Å². The summed E-state index contributed by atoms with van der Waals surface area (Å²) in [6, 6.07) is 1.97. The van der Waals surface area contributed by atoms with E-state index in [1.165, 1.54) is 12.5 Å². The summed E-state index contributed by atoms with van der Waals surface area (Å²) in [4.78, 5) is 83.5. The molecule has 4 unspecified atom stereocenters. The number of fused-ring (bicyclic) bond motifs is 1. The van der Waals surface area contributed by atoms with Gasteiger partial charge in [-0.25, -0.2) is 9.78 Å². The standard InChI is InChI=1S/C26H33N9O7/c27-16(7-13-10-31-17-4-2-1-3-15(13)17)23(38)34-20(9-22(29)37)25(40)35-19(8-14-11-30-12-32-14)24(39)33-18(26(41)42)5-6-21(28)36/h1-4,10-12,16,18-20,31H,5-9,27H2,(H2,28,36)(H2,29,37)(H,30,32)(H,33,39)(H,34,38)(H,35,40)(H,41,42). The zero-order chi connectivity index (χ0) is 30.8. The predicted molar refractivity (Wildman–Crippen MR) is 148 cm³/mol. The average molecular weight is 584 g/mol. The molecule has 0 bridgehead atoms. The van der Waals surface area contributed by atoms with Crippen LogP contribution in [-0.4, -0.2) is 79.7 Å². The Kier molecular flexibility index (Phi) is 10.7. The predicted octanol–water partition coefficient (Wildman–Crippen LogP) is -2.32. The number of hydrogen-bond donors (Lipinski definition) is 9. The van der Waals surface area contributed by atoms with Gasteiger partial charge in [0.1, 0.15) is 18.1 Å². The third-order valence-electron chi connectivity index (χ3n) is 6.40. The Balaban J connectivity index is 1.73. The van der Waals surface area contributed by atoms with E-state index in [0.29, 0.717) is 5.69 Å². The number of H-pyrrole nitrogens is 2. The smallest absolute Gasteiger partial charge is 0.326 e. The number of nitrogens with zero attached hydrogens (tertiary/aromatic N) is 1. The number of hydrogen-bond acceptors (Lipinski definition) is 8. The highest BCUT2D eigenvalue weighted by Crippen LogP contribution is 2.18. The van der Waals surface area contributed by atoms with Crippen molar-refractivity contribution in [2.45, 2.75) is 56.3 Å². The maximum absolute atomic E-state index is 13.2. The SMILES string of the molecule is NC(=O)CCC(NC(=O)C(Cc1cnc[nH]1)NC(=O)C(CC(N)=O)NC(=O)C(N)Cc1c[nH]c2ccccc12)C(=O)O. The van der Waals surface area contributed by atoms with Gasteiger partial charge in [-0.05, 0) is 24.5 Å². The van der Waals surface area contributed by atoms with Crippen molar-refractivity contribution in [2.24, 2.45) is 17.2 Å². The van der Waals surface area contributed by atoms with Crippen LogP contribution in [0.4, 0.5) is 0 Å². The molecule has 0 aliphatic rings. The molecule has 0 radical (unpaired) electrons. The van der Waals surface area contributed by atoms with Gasteiger partial charge in [0.2, 0.25) is 29.5 Å². The van der Waals surface area contributed by atoms with Crippen molar-refractivity contribution in [2.75, 3.05) is 0 Å². The molecule has 16 heteroatoms. The number of nitrogens with one attached hydrogen (secondary N) is 5. The van der Waals surface area contributed by atoms with Gasteiger partial charge in [-0.2, -0.15) is 0 Å². The molecule has 5 amide bonds. The number of primary amides is 2. The summed E-state index contributed by atoms with van der Waals surface area (Å²) in [5, 5.41) is 17.5. The van der Waals surface area contributed by atoms with Gasteiger partial charge in [-0.1, -0.05) is 18.2 Å². The van der Waals surface area contributed by atoms with Gasteiger partial charge in [0, 0.05) is 41.8 Å². The normalized spacial score (nSPS) is 13.8. The third kappa shape index (κ3) is 8.88. The Morgan fingerprint density at radius 1 is 0.857 bits per heavy atom. The molecule has 0 fully saturated rings. The number of carbonyl (C=O) groups excluding carboxylic acids is 5. The molecule has 16 nitrogen and oxygen atoms in total. The van der Waals surface area contributed by atoms with E-state index < -0.39 is 66.1 Å². The summed E-state index contributed by atoms with van der Waals surface area (Å²) in [5.41, 5.74) is 18.5. The second kappa shape index (κ2) is 14.4. The van der Waals surface area contributed by atoms with Crippen molar-refractivity contribution in [3.8, 4) is 0 Å². The Labute approximate surface area is 239 Å². The lowest BCUT2D eigenvalue weighted by Gasteiger charge is -2.24. The summed E-state index contributed by atoms with van der Waals surface area (Å²) in [6.45, 7) is 0. The molecule has 0 aliphatic heterocycles. The van der Waals surface area contributed by atoms with Crippen molar-refractivity contribution < 1.29 is 33.9 Å². The van der Waals surface area contributed by atoms with Crippen LogP contribution in [0.15, 0.2) is 43.0 Å². The van der Waals surface area contributed by atoms with Gasteiger partial charge >= 0.3 is 5.97 Å². The number of nitrogens with two attached hydrogens (primary N) is 3. The highest BCUT2D eigenvalue weighted by atomic mass is 16.4. The first-order valence-electron chi connectivity index (χ1n) is 12.9. The van der Waals surface area contributed by atoms with Crippen molar-refractivity contribution in [3.05, 3.63) is 54.2 Å². The minimum atomic E-state index is -1.49. The minimum absolute atomic E-state index is 0.119. The number of benzene rings is 1. The highest BCUT2D eigenvalue weighted by Gasteiger charge is 2.32. The van der Waals surface area contributed by atoms with Crippen LogP contribution in [0, 0.1) is 0 Å². The summed E-state index contributed by atoms with van der Waals surface area (Å²) in [6.07, 6.45) is 3.22. The van der Waals surface area contributed by atoms with Crippen molar-refractivity contribution in [1.29, 1.82) is 0 Å². The second-order valence-corrected chi connectivity index (χ2v) is 9.65. The third-order valence-corrected chi connectivity index (χ3v) is 6.40. The van der Waals surface area contributed by atoms with Gasteiger partial charge in [0.15, 0.2) is 0 Å². The maximum Gasteiger partial charge on any atom is 0.326 e. The van der Waals surface area contributed by atoms with Crippen LogP contribution in [0.25, 0.3) is 10.9 Å². The molecular weight excluding hydrogens is 550 g/mol. The number of amides is 5. The Bertz CT molecular complexity index is 1440. The minimum Gasteiger partial charge on any atom is -0.480 e. The van der Waals surface area contributed by atoms with E-state index in [4.69, 9.17) is 17.2 Å². The highest BCUT2D eigenvalue weighted by molar-refractivity contribution is 5.96. The lowest BCUT2D eigenvalue weighted by Crippen LogP contribution is -2.58. The Morgan fingerprint density at radius 3 is 2.17 bits per heavy atom. The van der Waals surface area contributed by atoms with Crippen molar-refractivity contribution >= 4 is 46.4 Å². The summed E-state index contributed by atoms with van der Waals surface area (Å²) >= 11 is 0. The summed E-state index contributed by atoms with van der Waals surface area (Å²) in [7, 11) is 0. The van der Waals surface area contributed by atoms with Crippen molar-refractivity contribution in [1.82, 2.24) is 30.9 Å². The van der Waals surface area contributed by atoms with E-state index in [1.54, 1.807) is 6.20 Å². The molecule has 3 rings (SSSR count). The number of para-hydroxylation sites is 1. The monoisotopic (exact) mass is 583 g/mol. The van der Waals surface area contributed by atoms with E-state index in [-0.39, 0.29) is 25.7 Å². The molecule has 4 atom stereocenters. The molecule has 1 aromatic carbocycles. The number of aromatic amines is 2. The number of aromatic nitrogens is 3. The van der Waals surface area contributed by atoms with Crippen LogP contribution in [0.5, 0.6) is 0 Å². The number of carboxylic acid groups (broad SMARTS) is 1. The Hall–Kier alpha value is -5.25. The quantitative estimate of drug-likeness (QED) is 0.0874. The van der Waals surface area contributed by atoms with Gasteiger partial charge in [-0.15, -0.1) is 0 Å². The maximum atomic E-state index is 13.2. The molecule has 0 saturated heterocycles. The zero-order valence-corrected chi connectivity index (χ0v) is 22.5. The van der Waals surface area contributed by atoms with Gasteiger partial charge < -0.3 is 48.2 Å². The molecule has 224 valence electrons. The van der Waals surface area contributed by atoms with Crippen LogP contribution in [0.3, 0.4) is 0 Å². The number of aliphatic carboxylic acids is 1. The first-order chi connectivity index (χ1) is 19.9. The summed E-state index contributed by atoms with van der Waals surface area (Å²) < 4.78 is 0.